The number of rotatable bonds is 1. The molecular weight excluding hydrogens is 174 g/mol. The molecule has 0 N–H and O–H groups in total. The van der Waals surface area contributed by atoms with Gasteiger partial charge in [-0.1, -0.05) is 11.8 Å². The van der Waals surface area contributed by atoms with Crippen molar-refractivity contribution in [1.82, 2.24) is 0 Å². The van der Waals surface area contributed by atoms with E-state index < -0.39 is 14.6 Å². The van der Waals surface area contributed by atoms with Crippen LogP contribution >= 0.6 is 0 Å². The molecule has 0 aliphatic carbocycles. The molecule has 0 fully saturated rings. The van der Waals surface area contributed by atoms with E-state index >= 15 is 0 Å². The van der Waals surface area contributed by atoms with E-state index in [9.17, 15) is 8.42 Å². The van der Waals surface area contributed by atoms with E-state index in [4.69, 9.17) is 0 Å². The lowest BCUT2D eigenvalue weighted by Crippen LogP contribution is -2.28. The summed E-state index contributed by atoms with van der Waals surface area (Å²) in [7, 11) is -1.53. The lowest BCUT2D eigenvalue weighted by molar-refractivity contribution is 0.581. The van der Waals surface area contributed by atoms with Crippen LogP contribution in [0.5, 0.6) is 0 Å². The Labute approximate surface area is 73.8 Å². The fourth-order valence-electron chi connectivity index (χ4n) is 0.363. The molecule has 0 aromatic rings. The molecule has 0 atom stereocenters. The third-order valence-corrected chi connectivity index (χ3v) is 3.45. The molecule has 0 aliphatic rings. The maximum Gasteiger partial charge on any atom is 0.163 e. The van der Waals surface area contributed by atoms with Crippen LogP contribution in [-0.4, -0.2) is 32.7 Å². The van der Waals surface area contributed by atoms with Gasteiger partial charge in [0.1, 0.15) is 4.75 Å². The van der Waals surface area contributed by atoms with Gasteiger partial charge in [0.15, 0.2) is 9.84 Å². The van der Waals surface area contributed by atoms with Gasteiger partial charge < -0.3 is 0 Å². The van der Waals surface area contributed by atoms with Crippen LogP contribution in [0.4, 0.5) is 0 Å². The second-order valence-corrected chi connectivity index (χ2v) is 5.50. The molecule has 0 bridgehead atoms. The molecule has 0 amide bonds. The van der Waals surface area contributed by atoms with Crippen LogP contribution < -0.4 is 0 Å². The van der Waals surface area contributed by atoms with E-state index in [0.717, 1.165) is 0 Å². The van der Waals surface area contributed by atoms with Gasteiger partial charge in [-0.2, -0.15) is 0 Å². The van der Waals surface area contributed by atoms with Crippen molar-refractivity contribution in [3.63, 3.8) is 0 Å². The number of hydrogen-bond acceptors (Lipinski definition) is 3. The Morgan fingerprint density at radius 2 is 1.92 bits per heavy atom. The lowest BCUT2D eigenvalue weighted by Gasteiger charge is -2.13. The van der Waals surface area contributed by atoms with Crippen LogP contribution in [0.15, 0.2) is 4.99 Å². The zero-order valence-corrected chi connectivity index (χ0v) is 8.57. The van der Waals surface area contributed by atoms with E-state index in [-0.39, 0.29) is 0 Å². The predicted molar refractivity (Wildman–Crippen MR) is 51.1 cm³/mol. The number of nitrogens with zero attached hydrogens (tertiary/aromatic N) is 1. The third-order valence-electron chi connectivity index (χ3n) is 1.49. The fourth-order valence-corrected chi connectivity index (χ4v) is 0.608. The number of aliphatic imine (C=N–C) groups is 1. The molecule has 0 rings (SSSR count). The first-order valence-corrected chi connectivity index (χ1v) is 5.33. The van der Waals surface area contributed by atoms with Gasteiger partial charge in [-0.3, -0.25) is 4.99 Å². The summed E-state index contributed by atoms with van der Waals surface area (Å²) in [5.74, 6) is 5.17. The van der Waals surface area contributed by atoms with Crippen molar-refractivity contribution in [2.24, 2.45) is 4.99 Å². The molecule has 3 nitrogen and oxygen atoms in total. The molecule has 12 heavy (non-hydrogen) atoms. The zero-order valence-electron chi connectivity index (χ0n) is 7.75. The monoisotopic (exact) mass is 187 g/mol. The minimum absolute atomic E-state index is 0.992. The molecule has 0 unspecified atom stereocenters. The third kappa shape index (κ3) is 3.05. The van der Waals surface area contributed by atoms with Crippen molar-refractivity contribution in [1.29, 1.82) is 0 Å². The number of hydrogen-bond donors (Lipinski definition) is 0. The van der Waals surface area contributed by atoms with Crippen LogP contribution in [-0.2, 0) is 9.84 Å². The minimum Gasteiger partial charge on any atom is -0.288 e. The summed E-state index contributed by atoms with van der Waals surface area (Å²) in [4.78, 5) is 3.63. The molecule has 0 aromatic heterocycles. The summed E-state index contributed by atoms with van der Waals surface area (Å²) in [5, 5.41) is 0. The molecule has 0 saturated carbocycles. The second-order valence-electron chi connectivity index (χ2n) is 2.94. The molecule has 0 aromatic carbocycles. The molecule has 4 heteroatoms. The van der Waals surface area contributed by atoms with Crippen LogP contribution in [0.1, 0.15) is 13.8 Å². The van der Waals surface area contributed by atoms with Gasteiger partial charge in [0.2, 0.25) is 0 Å². The van der Waals surface area contributed by atoms with Crippen LogP contribution in [0, 0.1) is 11.8 Å². The Morgan fingerprint density at radius 1 is 1.42 bits per heavy atom. The highest BCUT2D eigenvalue weighted by atomic mass is 32.2. The largest absolute Gasteiger partial charge is 0.288 e. The Balaban J connectivity index is 4.82. The standard InChI is InChI=1S/C8H13NO2S/c1-8(2,12(4,10)11)6-5-7-9-3/h7H,1-4H3. The Bertz CT molecular complexity index is 328. The predicted octanol–water partition coefficient (Wildman–Crippen LogP) is 0.514. The van der Waals surface area contributed by atoms with Gasteiger partial charge in [0.25, 0.3) is 0 Å². The average Bonchev–Trinajstić information content (AvgIpc) is 1.85. The van der Waals surface area contributed by atoms with Crippen molar-refractivity contribution < 1.29 is 8.42 Å². The summed E-state index contributed by atoms with van der Waals surface area (Å²) >= 11 is 0. The fraction of sp³-hybridized carbons (Fsp3) is 0.625. The first-order valence-electron chi connectivity index (χ1n) is 3.44. The van der Waals surface area contributed by atoms with E-state index in [1.54, 1.807) is 20.9 Å². The van der Waals surface area contributed by atoms with E-state index in [1.165, 1.54) is 12.5 Å². The molecule has 0 radical (unpaired) electrons. The van der Waals surface area contributed by atoms with Crippen molar-refractivity contribution in [3.05, 3.63) is 0 Å². The van der Waals surface area contributed by atoms with Crippen molar-refractivity contribution in [2.75, 3.05) is 13.3 Å². The average molecular weight is 187 g/mol. The van der Waals surface area contributed by atoms with Crippen molar-refractivity contribution in [3.8, 4) is 11.8 Å². The molecule has 0 saturated heterocycles. The number of sulfone groups is 1. The van der Waals surface area contributed by atoms with E-state index in [1.807, 2.05) is 0 Å². The minimum atomic E-state index is -3.12. The second kappa shape index (κ2) is 3.72. The Kier molecular flexibility index (Phi) is 3.47. The molecule has 68 valence electrons. The summed E-state index contributed by atoms with van der Waals surface area (Å²) in [5.41, 5.74) is 0. The normalized spacial score (nSPS) is 12.7. The molecule has 0 spiro atoms. The topological polar surface area (TPSA) is 46.5 Å². The summed E-state index contributed by atoms with van der Waals surface area (Å²) in [6.07, 6.45) is 2.55. The summed E-state index contributed by atoms with van der Waals surface area (Å²) < 4.78 is 21.2. The molecule has 0 heterocycles. The van der Waals surface area contributed by atoms with Crippen LogP contribution in [0.3, 0.4) is 0 Å². The lowest BCUT2D eigenvalue weighted by atomic mass is 10.2. The Morgan fingerprint density at radius 3 is 2.25 bits per heavy atom. The van der Waals surface area contributed by atoms with Gasteiger partial charge in [-0.25, -0.2) is 8.42 Å². The zero-order chi connectivity index (χ0) is 9.83. The first kappa shape index (κ1) is 11.2. The summed E-state index contributed by atoms with van der Waals surface area (Å²) in [6, 6.07) is 0. The highest BCUT2D eigenvalue weighted by Crippen LogP contribution is 2.12. The van der Waals surface area contributed by atoms with Gasteiger partial charge in [0, 0.05) is 13.3 Å². The van der Waals surface area contributed by atoms with E-state index in [0.29, 0.717) is 0 Å². The SMILES string of the molecule is CN=CC#CC(C)(C)S(C)(=O)=O. The van der Waals surface area contributed by atoms with Crippen molar-refractivity contribution in [2.45, 2.75) is 18.6 Å². The van der Waals surface area contributed by atoms with E-state index in [2.05, 4.69) is 16.8 Å². The van der Waals surface area contributed by atoms with Gasteiger partial charge in [-0.05, 0) is 13.8 Å². The summed E-state index contributed by atoms with van der Waals surface area (Å²) in [6.45, 7) is 3.14. The van der Waals surface area contributed by atoms with Gasteiger partial charge in [0.05, 0.1) is 6.21 Å². The smallest absolute Gasteiger partial charge is 0.163 e. The van der Waals surface area contributed by atoms with Gasteiger partial charge in [-0.15, -0.1) is 0 Å². The first-order chi connectivity index (χ1) is 5.31. The van der Waals surface area contributed by atoms with Crippen molar-refractivity contribution >= 4 is 16.1 Å². The van der Waals surface area contributed by atoms with Gasteiger partial charge >= 0.3 is 0 Å². The highest BCUT2D eigenvalue weighted by molar-refractivity contribution is 7.92. The van der Waals surface area contributed by atoms with Crippen LogP contribution in [0.25, 0.3) is 0 Å². The maximum atomic E-state index is 11.1. The highest BCUT2D eigenvalue weighted by Gasteiger charge is 2.27. The quantitative estimate of drug-likeness (QED) is 0.443. The Hall–Kier alpha value is -0.820. The molecule has 0 aliphatic heterocycles. The van der Waals surface area contributed by atoms with Crippen LogP contribution in [0.2, 0.25) is 0 Å². The molecular formula is C8H13NO2S. The maximum absolute atomic E-state index is 11.1.